The molecule has 2 N–H and O–H groups in total. The number of rotatable bonds is 5. The van der Waals surface area contributed by atoms with E-state index in [0.717, 1.165) is 34.7 Å². The fraction of sp³-hybridized carbons (Fsp3) is 0.160. The monoisotopic (exact) mass is 491 g/mol. The normalized spacial score (nSPS) is 12.8. The van der Waals surface area contributed by atoms with Gasteiger partial charge in [-0.05, 0) is 71.6 Å². The van der Waals surface area contributed by atoms with Gasteiger partial charge in [0.25, 0.3) is 5.91 Å². The third-order valence-corrected chi connectivity index (χ3v) is 7.23. The number of nitrogens with zero attached hydrogens (tertiary/aromatic N) is 1. The number of carbonyl (C=O) groups is 3. The Morgan fingerprint density at radius 3 is 2.62 bits per heavy atom. The van der Waals surface area contributed by atoms with Gasteiger partial charge in [0.2, 0.25) is 0 Å². The second kappa shape index (κ2) is 9.66. The van der Waals surface area contributed by atoms with Crippen LogP contribution < -0.4 is 15.5 Å². The Labute approximate surface area is 204 Å². The van der Waals surface area contributed by atoms with Crippen LogP contribution in [0.2, 0.25) is 0 Å². The molecule has 0 spiro atoms. The van der Waals surface area contributed by atoms with Crippen molar-refractivity contribution in [3.8, 4) is 10.6 Å². The maximum atomic E-state index is 12.8. The minimum atomic E-state index is -0.757. The third-order valence-electron chi connectivity index (χ3n) is 5.49. The Hall–Kier alpha value is -3.69. The molecule has 3 amide bonds. The molecule has 0 fully saturated rings. The van der Waals surface area contributed by atoms with Gasteiger partial charge in [0, 0.05) is 17.9 Å². The SMILES string of the molecule is O=C(NCc1ccc(-c2cccs2)o1)C(=O)Nc1ccc2c(c1)CCCN2C(=O)c1cccs1. The van der Waals surface area contributed by atoms with Crippen LogP contribution in [0.3, 0.4) is 0 Å². The summed E-state index contributed by atoms with van der Waals surface area (Å²) in [6, 6.07) is 16.6. The average molecular weight is 492 g/mol. The van der Waals surface area contributed by atoms with Crippen LogP contribution in [0.1, 0.15) is 27.4 Å². The number of nitrogens with one attached hydrogen (secondary N) is 2. The number of carbonyl (C=O) groups excluding carboxylic acids is 3. The predicted molar refractivity (Wildman–Crippen MR) is 133 cm³/mol. The van der Waals surface area contributed by atoms with E-state index in [0.29, 0.717) is 22.9 Å². The molecule has 0 atom stereocenters. The van der Waals surface area contributed by atoms with Crippen LogP contribution in [0.4, 0.5) is 11.4 Å². The standard InChI is InChI=1S/C25H21N3O4S2/c29-23(26-15-18-8-10-20(32-18)21-5-2-12-33-21)24(30)27-17-7-9-19-16(14-17)4-1-11-28(19)25(31)22-6-3-13-34-22/h2-3,5-10,12-14H,1,4,11,15H2,(H,26,29)(H,27,30). The molecule has 9 heteroatoms. The van der Waals surface area contributed by atoms with E-state index in [-0.39, 0.29) is 12.5 Å². The van der Waals surface area contributed by atoms with E-state index in [4.69, 9.17) is 4.42 Å². The molecule has 1 aliphatic heterocycles. The lowest BCUT2D eigenvalue weighted by Crippen LogP contribution is -2.36. The van der Waals surface area contributed by atoms with Gasteiger partial charge in [-0.1, -0.05) is 12.1 Å². The average Bonchev–Trinajstić information content (AvgIpc) is 3.63. The molecule has 0 aliphatic carbocycles. The van der Waals surface area contributed by atoms with E-state index in [1.54, 1.807) is 28.4 Å². The highest BCUT2D eigenvalue weighted by Crippen LogP contribution is 2.31. The molecule has 0 saturated carbocycles. The molecule has 0 unspecified atom stereocenters. The Kier molecular flexibility index (Phi) is 6.29. The molecule has 1 aliphatic rings. The quantitative estimate of drug-likeness (QED) is 0.388. The number of fused-ring (bicyclic) bond motifs is 1. The molecule has 0 saturated heterocycles. The zero-order valence-corrected chi connectivity index (χ0v) is 19.7. The number of thiophene rings is 2. The van der Waals surface area contributed by atoms with Crippen molar-refractivity contribution >= 4 is 51.8 Å². The van der Waals surface area contributed by atoms with Crippen LogP contribution in [0.5, 0.6) is 0 Å². The van der Waals surface area contributed by atoms with Crippen molar-refractivity contribution < 1.29 is 18.8 Å². The van der Waals surface area contributed by atoms with E-state index < -0.39 is 11.8 Å². The summed E-state index contributed by atoms with van der Waals surface area (Å²) in [7, 11) is 0. The van der Waals surface area contributed by atoms with E-state index in [1.807, 2.05) is 53.2 Å². The van der Waals surface area contributed by atoms with Crippen LogP contribution >= 0.6 is 22.7 Å². The first-order chi connectivity index (χ1) is 16.6. The molecule has 34 heavy (non-hydrogen) atoms. The van der Waals surface area contributed by atoms with Gasteiger partial charge in [0.05, 0.1) is 16.3 Å². The molecule has 0 radical (unpaired) electrons. The van der Waals surface area contributed by atoms with E-state index in [9.17, 15) is 14.4 Å². The van der Waals surface area contributed by atoms with Crippen molar-refractivity contribution in [3.63, 3.8) is 0 Å². The summed E-state index contributed by atoms with van der Waals surface area (Å²) in [5, 5.41) is 9.08. The maximum absolute atomic E-state index is 12.8. The van der Waals surface area contributed by atoms with Crippen LogP contribution in [-0.4, -0.2) is 24.3 Å². The van der Waals surface area contributed by atoms with Gasteiger partial charge in [-0.2, -0.15) is 0 Å². The van der Waals surface area contributed by atoms with Crippen molar-refractivity contribution in [3.05, 3.63) is 81.6 Å². The molecule has 5 rings (SSSR count). The molecule has 3 aromatic heterocycles. The van der Waals surface area contributed by atoms with Crippen molar-refractivity contribution in [2.75, 3.05) is 16.8 Å². The lowest BCUT2D eigenvalue weighted by atomic mass is 10.0. The second-order valence-corrected chi connectivity index (χ2v) is 9.66. The predicted octanol–water partition coefficient (Wildman–Crippen LogP) is 4.92. The topological polar surface area (TPSA) is 91.7 Å². The fourth-order valence-corrected chi connectivity index (χ4v) is 5.24. The molecule has 4 heterocycles. The summed E-state index contributed by atoms with van der Waals surface area (Å²) in [6.07, 6.45) is 1.63. The van der Waals surface area contributed by atoms with E-state index in [2.05, 4.69) is 10.6 Å². The molecular formula is C25H21N3O4S2. The molecule has 4 aromatic rings. The van der Waals surface area contributed by atoms with Gasteiger partial charge < -0.3 is 20.0 Å². The Morgan fingerprint density at radius 1 is 0.971 bits per heavy atom. The highest BCUT2D eigenvalue weighted by Gasteiger charge is 2.25. The summed E-state index contributed by atoms with van der Waals surface area (Å²) in [6.45, 7) is 0.764. The lowest BCUT2D eigenvalue weighted by Gasteiger charge is -2.29. The van der Waals surface area contributed by atoms with Crippen LogP contribution in [0.25, 0.3) is 10.6 Å². The minimum absolute atomic E-state index is 0.0210. The summed E-state index contributed by atoms with van der Waals surface area (Å²) < 4.78 is 5.73. The van der Waals surface area contributed by atoms with Crippen molar-refractivity contribution in [2.24, 2.45) is 0 Å². The highest BCUT2D eigenvalue weighted by molar-refractivity contribution is 7.13. The van der Waals surface area contributed by atoms with Gasteiger partial charge in [-0.25, -0.2) is 0 Å². The number of aryl methyl sites for hydroxylation is 1. The van der Waals surface area contributed by atoms with Gasteiger partial charge in [0.1, 0.15) is 11.5 Å². The first-order valence-electron chi connectivity index (χ1n) is 10.8. The molecule has 172 valence electrons. The molecule has 1 aromatic carbocycles. The van der Waals surface area contributed by atoms with Crippen molar-refractivity contribution in [1.82, 2.24) is 5.32 Å². The summed E-state index contributed by atoms with van der Waals surface area (Å²) >= 11 is 2.98. The van der Waals surface area contributed by atoms with E-state index in [1.165, 1.54) is 11.3 Å². The smallest absolute Gasteiger partial charge is 0.313 e. The van der Waals surface area contributed by atoms with Crippen LogP contribution in [-0.2, 0) is 22.6 Å². The number of hydrogen-bond donors (Lipinski definition) is 2. The number of furan rings is 1. The number of amides is 3. The van der Waals surface area contributed by atoms with Gasteiger partial charge in [-0.3, -0.25) is 14.4 Å². The number of benzene rings is 1. The summed E-state index contributed by atoms with van der Waals surface area (Å²) in [4.78, 5) is 41.0. The molecule has 7 nitrogen and oxygen atoms in total. The van der Waals surface area contributed by atoms with Crippen LogP contribution in [0.15, 0.2) is 69.8 Å². The summed E-state index contributed by atoms with van der Waals surface area (Å²) in [5.41, 5.74) is 2.32. The Balaban J connectivity index is 1.20. The Morgan fingerprint density at radius 2 is 1.82 bits per heavy atom. The number of hydrogen-bond acceptors (Lipinski definition) is 6. The lowest BCUT2D eigenvalue weighted by molar-refractivity contribution is -0.136. The molecule has 0 bridgehead atoms. The zero-order valence-electron chi connectivity index (χ0n) is 18.1. The first-order valence-corrected chi connectivity index (χ1v) is 12.5. The number of anilines is 2. The third kappa shape index (κ3) is 4.66. The van der Waals surface area contributed by atoms with E-state index >= 15 is 0 Å². The maximum Gasteiger partial charge on any atom is 0.313 e. The molecular weight excluding hydrogens is 470 g/mol. The fourth-order valence-electron chi connectivity index (χ4n) is 3.88. The van der Waals surface area contributed by atoms with Crippen molar-refractivity contribution in [1.29, 1.82) is 0 Å². The van der Waals surface area contributed by atoms with Crippen molar-refractivity contribution in [2.45, 2.75) is 19.4 Å². The zero-order chi connectivity index (χ0) is 23.5. The Bertz CT molecular complexity index is 1330. The van der Waals surface area contributed by atoms with Gasteiger partial charge in [0.15, 0.2) is 0 Å². The highest BCUT2D eigenvalue weighted by atomic mass is 32.1. The minimum Gasteiger partial charge on any atom is -0.458 e. The van der Waals surface area contributed by atoms with Gasteiger partial charge >= 0.3 is 11.8 Å². The largest absolute Gasteiger partial charge is 0.458 e. The first kappa shape index (κ1) is 22.1. The van der Waals surface area contributed by atoms with Crippen LogP contribution in [0, 0.1) is 0 Å². The second-order valence-electron chi connectivity index (χ2n) is 7.76. The summed E-state index contributed by atoms with van der Waals surface area (Å²) in [5.74, 6) is -0.237. The van der Waals surface area contributed by atoms with Gasteiger partial charge in [-0.15, -0.1) is 22.7 Å².